The van der Waals surface area contributed by atoms with Gasteiger partial charge in [0.2, 0.25) is 0 Å². The fourth-order valence-corrected chi connectivity index (χ4v) is 3.39. The number of hydrogen-bond donors (Lipinski definition) is 0. The predicted octanol–water partition coefficient (Wildman–Crippen LogP) is 7.01. The summed E-state index contributed by atoms with van der Waals surface area (Å²) in [6, 6.07) is 9.96. The van der Waals surface area contributed by atoms with E-state index in [2.05, 4.69) is 15.9 Å². The molecule has 0 atom stereocenters. The summed E-state index contributed by atoms with van der Waals surface area (Å²) < 4.78 is 11.4. The first-order valence-electron chi connectivity index (χ1n) is 8.80. The molecule has 0 aliphatic heterocycles. The van der Waals surface area contributed by atoms with E-state index in [1.165, 1.54) is 32.1 Å². The molecule has 0 fully saturated rings. The minimum Gasteiger partial charge on any atom is -0.494 e. The van der Waals surface area contributed by atoms with Gasteiger partial charge in [-0.2, -0.15) is 0 Å². The SMILES string of the molecule is CCOc1ccc2c(Cl)c(OCCCCCCCCBr)ccc2c1. The van der Waals surface area contributed by atoms with E-state index in [-0.39, 0.29) is 0 Å². The van der Waals surface area contributed by atoms with Crippen LogP contribution in [-0.2, 0) is 0 Å². The Kier molecular flexibility index (Phi) is 8.76. The maximum absolute atomic E-state index is 6.50. The second-order valence-electron chi connectivity index (χ2n) is 5.85. The Bertz CT molecular complexity index is 630. The summed E-state index contributed by atoms with van der Waals surface area (Å²) in [5.41, 5.74) is 0. The zero-order chi connectivity index (χ0) is 17.2. The molecule has 2 aromatic rings. The lowest BCUT2D eigenvalue weighted by Crippen LogP contribution is -1.98. The molecule has 2 nitrogen and oxygen atoms in total. The Morgan fingerprint density at radius 2 is 1.67 bits per heavy atom. The fraction of sp³-hybridized carbons (Fsp3) is 0.500. The van der Waals surface area contributed by atoms with Crippen molar-refractivity contribution >= 4 is 38.3 Å². The largest absolute Gasteiger partial charge is 0.494 e. The first-order chi connectivity index (χ1) is 11.8. The van der Waals surface area contributed by atoms with Crippen molar-refractivity contribution in [2.24, 2.45) is 0 Å². The van der Waals surface area contributed by atoms with Crippen LogP contribution >= 0.6 is 27.5 Å². The van der Waals surface area contributed by atoms with Crippen LogP contribution in [0.25, 0.3) is 10.8 Å². The predicted molar refractivity (Wildman–Crippen MR) is 107 cm³/mol. The molecule has 0 bridgehead atoms. The smallest absolute Gasteiger partial charge is 0.138 e. The van der Waals surface area contributed by atoms with Gasteiger partial charge in [0.15, 0.2) is 0 Å². The van der Waals surface area contributed by atoms with Gasteiger partial charge in [-0.05, 0) is 49.4 Å². The van der Waals surface area contributed by atoms with E-state index in [1.54, 1.807) is 0 Å². The van der Waals surface area contributed by atoms with Crippen molar-refractivity contribution in [3.05, 3.63) is 35.4 Å². The Labute approximate surface area is 158 Å². The van der Waals surface area contributed by atoms with Gasteiger partial charge in [-0.1, -0.05) is 59.3 Å². The molecule has 0 spiro atoms. The van der Waals surface area contributed by atoms with Crippen LogP contribution in [0.5, 0.6) is 11.5 Å². The van der Waals surface area contributed by atoms with E-state index >= 15 is 0 Å². The fourth-order valence-electron chi connectivity index (χ4n) is 2.70. The Morgan fingerprint density at radius 1 is 0.917 bits per heavy atom. The summed E-state index contributed by atoms with van der Waals surface area (Å²) in [5, 5.41) is 3.88. The molecule has 0 aromatic heterocycles. The van der Waals surface area contributed by atoms with Crippen LogP contribution in [0.1, 0.15) is 45.4 Å². The van der Waals surface area contributed by atoms with Gasteiger partial charge in [0.25, 0.3) is 0 Å². The number of benzene rings is 2. The highest BCUT2D eigenvalue weighted by Crippen LogP contribution is 2.34. The van der Waals surface area contributed by atoms with E-state index in [9.17, 15) is 0 Å². The second kappa shape index (κ2) is 10.8. The Balaban J connectivity index is 1.84. The molecule has 2 rings (SSSR count). The number of rotatable bonds is 11. The van der Waals surface area contributed by atoms with Crippen molar-refractivity contribution < 1.29 is 9.47 Å². The van der Waals surface area contributed by atoms with Gasteiger partial charge in [0, 0.05) is 10.7 Å². The van der Waals surface area contributed by atoms with E-state index in [4.69, 9.17) is 21.1 Å². The van der Waals surface area contributed by atoms with Gasteiger partial charge in [0.05, 0.1) is 18.2 Å². The molecule has 0 heterocycles. The van der Waals surface area contributed by atoms with Crippen molar-refractivity contribution in [3.8, 4) is 11.5 Å². The third-order valence-electron chi connectivity index (χ3n) is 3.99. The molecule has 0 radical (unpaired) electrons. The standard InChI is InChI=1S/C20H26BrClO2/c1-2-23-17-10-11-18-16(15-17)9-12-19(20(18)22)24-14-8-6-4-3-5-7-13-21/h9-12,15H,2-8,13-14H2,1H3. The summed E-state index contributed by atoms with van der Waals surface area (Å²) >= 11 is 9.96. The Morgan fingerprint density at radius 3 is 2.42 bits per heavy atom. The lowest BCUT2D eigenvalue weighted by Gasteiger charge is -2.11. The van der Waals surface area contributed by atoms with Crippen LogP contribution in [0.2, 0.25) is 5.02 Å². The molecule has 4 heteroatoms. The number of fused-ring (bicyclic) bond motifs is 1. The van der Waals surface area contributed by atoms with Crippen molar-refractivity contribution in [2.45, 2.75) is 45.4 Å². The van der Waals surface area contributed by atoms with Gasteiger partial charge in [-0.15, -0.1) is 0 Å². The molecule has 24 heavy (non-hydrogen) atoms. The minimum atomic E-state index is 0.663. The van der Waals surface area contributed by atoms with Gasteiger partial charge >= 0.3 is 0 Å². The number of ether oxygens (including phenoxy) is 2. The number of halogens is 2. The van der Waals surface area contributed by atoms with E-state index in [1.807, 2.05) is 37.3 Å². The third kappa shape index (κ3) is 5.86. The molecule has 0 N–H and O–H groups in total. The van der Waals surface area contributed by atoms with Crippen LogP contribution in [0.4, 0.5) is 0 Å². The minimum absolute atomic E-state index is 0.663. The van der Waals surface area contributed by atoms with Gasteiger partial charge in [0.1, 0.15) is 11.5 Å². The average Bonchev–Trinajstić information content (AvgIpc) is 2.59. The molecule has 0 aliphatic carbocycles. The van der Waals surface area contributed by atoms with Crippen molar-refractivity contribution in [1.29, 1.82) is 0 Å². The zero-order valence-electron chi connectivity index (χ0n) is 14.3. The highest BCUT2D eigenvalue weighted by molar-refractivity contribution is 9.09. The van der Waals surface area contributed by atoms with Crippen molar-refractivity contribution in [2.75, 3.05) is 18.5 Å². The molecular formula is C20H26BrClO2. The lowest BCUT2D eigenvalue weighted by molar-refractivity contribution is 0.305. The monoisotopic (exact) mass is 412 g/mol. The molecule has 132 valence electrons. The summed E-state index contributed by atoms with van der Waals surface area (Å²) in [5.74, 6) is 1.64. The van der Waals surface area contributed by atoms with Crippen LogP contribution in [0, 0.1) is 0 Å². The topological polar surface area (TPSA) is 18.5 Å². The van der Waals surface area contributed by atoms with Crippen molar-refractivity contribution in [1.82, 2.24) is 0 Å². The van der Waals surface area contributed by atoms with Gasteiger partial charge < -0.3 is 9.47 Å². The first kappa shape index (κ1) is 19.4. The molecule has 0 unspecified atom stereocenters. The average molecular weight is 414 g/mol. The molecule has 0 amide bonds. The highest BCUT2D eigenvalue weighted by atomic mass is 79.9. The Hall–Kier alpha value is -0.930. The van der Waals surface area contributed by atoms with Crippen LogP contribution in [-0.4, -0.2) is 18.5 Å². The van der Waals surface area contributed by atoms with E-state index < -0.39 is 0 Å². The molecule has 0 saturated heterocycles. The normalized spacial score (nSPS) is 11.0. The zero-order valence-corrected chi connectivity index (χ0v) is 16.7. The van der Waals surface area contributed by atoms with Gasteiger partial charge in [-0.25, -0.2) is 0 Å². The summed E-state index contributed by atoms with van der Waals surface area (Å²) in [6.07, 6.45) is 7.46. The third-order valence-corrected chi connectivity index (χ3v) is 4.94. The van der Waals surface area contributed by atoms with E-state index in [0.29, 0.717) is 11.6 Å². The number of hydrogen-bond acceptors (Lipinski definition) is 2. The summed E-state index contributed by atoms with van der Waals surface area (Å²) in [6.45, 7) is 3.37. The molecule has 0 aliphatic rings. The molecule has 2 aromatic carbocycles. The summed E-state index contributed by atoms with van der Waals surface area (Å²) in [7, 11) is 0. The molecular weight excluding hydrogens is 388 g/mol. The number of alkyl halides is 1. The second-order valence-corrected chi connectivity index (χ2v) is 7.02. The van der Waals surface area contributed by atoms with Crippen LogP contribution in [0.15, 0.2) is 30.3 Å². The summed E-state index contributed by atoms with van der Waals surface area (Å²) in [4.78, 5) is 0. The lowest BCUT2D eigenvalue weighted by atomic mass is 10.1. The van der Waals surface area contributed by atoms with Crippen LogP contribution < -0.4 is 9.47 Å². The van der Waals surface area contributed by atoms with Gasteiger partial charge in [-0.3, -0.25) is 0 Å². The first-order valence-corrected chi connectivity index (χ1v) is 10.3. The maximum Gasteiger partial charge on any atom is 0.138 e. The highest BCUT2D eigenvalue weighted by Gasteiger charge is 2.07. The van der Waals surface area contributed by atoms with E-state index in [0.717, 1.165) is 40.6 Å². The van der Waals surface area contributed by atoms with Crippen molar-refractivity contribution in [3.63, 3.8) is 0 Å². The number of unbranched alkanes of at least 4 members (excludes halogenated alkanes) is 5. The van der Waals surface area contributed by atoms with Crippen LogP contribution in [0.3, 0.4) is 0 Å². The molecule has 0 saturated carbocycles. The quantitative estimate of drug-likeness (QED) is 0.291. The maximum atomic E-state index is 6.50.